The minimum absolute atomic E-state index is 0.0145. The fourth-order valence-corrected chi connectivity index (χ4v) is 2.11. The second kappa shape index (κ2) is 6.33. The van der Waals surface area contributed by atoms with Crippen molar-refractivity contribution in [2.24, 2.45) is 0 Å². The smallest absolute Gasteiger partial charge is 0.227 e. The van der Waals surface area contributed by atoms with Gasteiger partial charge in [0, 0.05) is 37.3 Å². The molecule has 0 atom stereocenters. The Morgan fingerprint density at radius 3 is 2.63 bits per heavy atom. The Morgan fingerprint density at radius 1 is 1.32 bits per heavy atom. The molecule has 1 fully saturated rings. The highest BCUT2D eigenvalue weighted by Gasteiger charge is 2.21. The lowest BCUT2D eigenvalue weighted by atomic mass is 10.2. The monoisotopic (exact) mass is 261 g/mol. The first-order valence-corrected chi connectivity index (χ1v) is 6.55. The molecule has 1 saturated heterocycles. The average Bonchev–Trinajstić information content (AvgIpc) is 2.83. The molecule has 1 heterocycles. The van der Waals surface area contributed by atoms with E-state index in [1.165, 1.54) is 0 Å². The van der Waals surface area contributed by atoms with Gasteiger partial charge < -0.3 is 15.5 Å². The summed E-state index contributed by atoms with van der Waals surface area (Å²) in [5.74, 6) is 0.158. The summed E-state index contributed by atoms with van der Waals surface area (Å²) in [6.45, 7) is 1.44. The number of nitrogens with zero attached hydrogens (tertiary/aromatic N) is 1. The van der Waals surface area contributed by atoms with Gasteiger partial charge in [0.15, 0.2) is 0 Å². The van der Waals surface area contributed by atoms with E-state index in [-0.39, 0.29) is 11.8 Å². The summed E-state index contributed by atoms with van der Waals surface area (Å²) < 4.78 is 0. The zero-order valence-electron chi connectivity index (χ0n) is 11.1. The summed E-state index contributed by atoms with van der Waals surface area (Å²) in [5.41, 5.74) is 1.66. The van der Waals surface area contributed by atoms with Crippen LogP contribution < -0.4 is 15.5 Å². The minimum Gasteiger partial charge on any atom is -0.326 e. The number of hydrogen-bond acceptors (Lipinski definition) is 3. The molecule has 5 nitrogen and oxygen atoms in total. The average molecular weight is 261 g/mol. The number of anilines is 2. The first-order chi connectivity index (χ1) is 9.20. The Bertz CT molecular complexity index is 456. The molecule has 2 N–H and O–H groups in total. The Morgan fingerprint density at radius 2 is 2.05 bits per heavy atom. The van der Waals surface area contributed by atoms with E-state index >= 15 is 0 Å². The molecule has 1 aromatic rings. The molecule has 2 amide bonds. The number of carbonyl (C=O) groups excluding carboxylic acids is 2. The Kier molecular flexibility index (Phi) is 4.52. The molecule has 1 aromatic carbocycles. The molecule has 0 unspecified atom stereocenters. The van der Waals surface area contributed by atoms with Gasteiger partial charge in [-0.15, -0.1) is 0 Å². The fraction of sp³-hybridized carbons (Fsp3) is 0.429. The normalized spacial score (nSPS) is 14.8. The lowest BCUT2D eigenvalue weighted by Gasteiger charge is -2.16. The molecule has 2 rings (SSSR count). The van der Waals surface area contributed by atoms with E-state index in [0.717, 1.165) is 24.3 Å². The van der Waals surface area contributed by atoms with Crippen molar-refractivity contribution in [3.05, 3.63) is 24.3 Å². The zero-order valence-corrected chi connectivity index (χ0v) is 11.1. The number of hydrogen-bond donors (Lipinski definition) is 2. The zero-order chi connectivity index (χ0) is 13.7. The summed E-state index contributed by atoms with van der Waals surface area (Å²) in [6.07, 6.45) is 1.99. The molecule has 19 heavy (non-hydrogen) atoms. The number of amides is 2. The Labute approximate surface area is 113 Å². The van der Waals surface area contributed by atoms with E-state index in [0.29, 0.717) is 19.4 Å². The van der Waals surface area contributed by atoms with E-state index in [2.05, 4.69) is 10.6 Å². The quantitative estimate of drug-likeness (QED) is 0.841. The van der Waals surface area contributed by atoms with Crippen LogP contribution in [0.15, 0.2) is 24.3 Å². The van der Waals surface area contributed by atoms with Crippen molar-refractivity contribution < 1.29 is 9.59 Å². The van der Waals surface area contributed by atoms with Crippen LogP contribution >= 0.6 is 0 Å². The molecule has 0 spiro atoms. The van der Waals surface area contributed by atoms with Gasteiger partial charge in [-0.1, -0.05) is 0 Å². The number of carbonyl (C=O) groups is 2. The molecule has 102 valence electrons. The Hall–Kier alpha value is -1.88. The molecule has 1 aliphatic heterocycles. The van der Waals surface area contributed by atoms with Crippen molar-refractivity contribution in [1.82, 2.24) is 5.32 Å². The largest absolute Gasteiger partial charge is 0.326 e. The third-order valence-electron chi connectivity index (χ3n) is 3.14. The standard InChI is InChI=1S/C14H19N3O2/c1-15-9-8-13(18)16-11-4-6-12(7-5-11)17-10-2-3-14(17)19/h4-7,15H,2-3,8-10H2,1H3,(H,16,18). The van der Waals surface area contributed by atoms with Gasteiger partial charge in [0.05, 0.1) is 0 Å². The van der Waals surface area contributed by atoms with E-state index in [4.69, 9.17) is 0 Å². The van der Waals surface area contributed by atoms with E-state index in [9.17, 15) is 9.59 Å². The molecule has 0 aromatic heterocycles. The van der Waals surface area contributed by atoms with Crippen LogP contribution in [0, 0.1) is 0 Å². The third-order valence-corrected chi connectivity index (χ3v) is 3.14. The van der Waals surface area contributed by atoms with Gasteiger partial charge in [0.1, 0.15) is 0 Å². The maximum absolute atomic E-state index is 11.6. The number of rotatable bonds is 5. The SMILES string of the molecule is CNCCC(=O)Nc1ccc(N2CCCC2=O)cc1. The van der Waals surface area contributed by atoms with Crippen molar-refractivity contribution in [2.45, 2.75) is 19.3 Å². The first kappa shape index (κ1) is 13.5. The second-order valence-corrected chi connectivity index (χ2v) is 4.60. The van der Waals surface area contributed by atoms with E-state index < -0.39 is 0 Å². The second-order valence-electron chi connectivity index (χ2n) is 4.60. The first-order valence-electron chi connectivity index (χ1n) is 6.55. The van der Waals surface area contributed by atoms with Gasteiger partial charge in [-0.05, 0) is 37.7 Å². The number of nitrogens with one attached hydrogen (secondary N) is 2. The van der Waals surface area contributed by atoms with Gasteiger partial charge in [-0.25, -0.2) is 0 Å². The predicted octanol–water partition coefficient (Wildman–Crippen LogP) is 1.36. The summed E-state index contributed by atoms with van der Waals surface area (Å²) in [5, 5.41) is 5.75. The maximum atomic E-state index is 11.6. The highest BCUT2D eigenvalue weighted by molar-refractivity contribution is 5.96. The summed E-state index contributed by atoms with van der Waals surface area (Å²) in [4.78, 5) is 24.9. The van der Waals surface area contributed by atoms with Crippen LogP contribution in [0.3, 0.4) is 0 Å². The maximum Gasteiger partial charge on any atom is 0.227 e. The van der Waals surface area contributed by atoms with Crippen LogP contribution in [-0.4, -0.2) is 32.0 Å². The fourth-order valence-electron chi connectivity index (χ4n) is 2.11. The summed E-state index contributed by atoms with van der Waals surface area (Å²) >= 11 is 0. The molecule has 0 radical (unpaired) electrons. The van der Waals surface area contributed by atoms with Gasteiger partial charge in [-0.3, -0.25) is 9.59 Å². The van der Waals surface area contributed by atoms with Crippen molar-refractivity contribution in [3.8, 4) is 0 Å². The van der Waals surface area contributed by atoms with Gasteiger partial charge in [-0.2, -0.15) is 0 Å². The molecule has 0 bridgehead atoms. The summed E-state index contributed by atoms with van der Waals surface area (Å²) in [7, 11) is 1.81. The van der Waals surface area contributed by atoms with Gasteiger partial charge in [0.2, 0.25) is 11.8 Å². The van der Waals surface area contributed by atoms with Crippen molar-refractivity contribution in [2.75, 3.05) is 30.4 Å². The lowest BCUT2D eigenvalue weighted by molar-refractivity contribution is -0.117. The molecule has 0 aliphatic carbocycles. The number of benzene rings is 1. The van der Waals surface area contributed by atoms with Gasteiger partial charge in [0.25, 0.3) is 0 Å². The molecule has 1 aliphatic rings. The molecule has 0 saturated carbocycles. The van der Waals surface area contributed by atoms with Crippen molar-refractivity contribution in [1.29, 1.82) is 0 Å². The molecule has 5 heteroatoms. The highest BCUT2D eigenvalue weighted by Crippen LogP contribution is 2.22. The van der Waals surface area contributed by atoms with Crippen LogP contribution in [0.1, 0.15) is 19.3 Å². The van der Waals surface area contributed by atoms with Crippen molar-refractivity contribution >= 4 is 23.2 Å². The van der Waals surface area contributed by atoms with E-state index in [1.54, 1.807) is 4.90 Å². The van der Waals surface area contributed by atoms with Crippen molar-refractivity contribution in [3.63, 3.8) is 0 Å². The molecular weight excluding hydrogens is 242 g/mol. The van der Waals surface area contributed by atoms with Crippen LogP contribution in [0.5, 0.6) is 0 Å². The van der Waals surface area contributed by atoms with Gasteiger partial charge >= 0.3 is 0 Å². The lowest BCUT2D eigenvalue weighted by Crippen LogP contribution is -2.23. The van der Waals surface area contributed by atoms with Crippen LogP contribution in [0.25, 0.3) is 0 Å². The van der Waals surface area contributed by atoms with Crippen LogP contribution in [0.4, 0.5) is 11.4 Å². The van der Waals surface area contributed by atoms with Crippen LogP contribution in [-0.2, 0) is 9.59 Å². The topological polar surface area (TPSA) is 61.4 Å². The molecular formula is C14H19N3O2. The Balaban J connectivity index is 1.94. The predicted molar refractivity (Wildman–Crippen MR) is 75.2 cm³/mol. The third kappa shape index (κ3) is 3.54. The minimum atomic E-state index is -0.0145. The highest BCUT2D eigenvalue weighted by atomic mass is 16.2. The van der Waals surface area contributed by atoms with E-state index in [1.807, 2.05) is 31.3 Å². The summed E-state index contributed by atoms with van der Waals surface area (Å²) in [6, 6.07) is 7.41. The van der Waals surface area contributed by atoms with Crippen LogP contribution in [0.2, 0.25) is 0 Å².